The van der Waals surface area contributed by atoms with Crippen LogP contribution in [0.4, 0.5) is 0 Å². The van der Waals surface area contributed by atoms with Crippen molar-refractivity contribution in [3.63, 3.8) is 0 Å². The first-order chi connectivity index (χ1) is 10.9. The number of thioether (sulfide) groups is 1. The maximum absolute atomic E-state index is 6.00. The van der Waals surface area contributed by atoms with Crippen LogP contribution in [-0.2, 0) is 4.74 Å². The van der Waals surface area contributed by atoms with Crippen LogP contribution in [0.25, 0.3) is 0 Å². The number of nitrogens with one attached hydrogen (secondary N) is 2. The van der Waals surface area contributed by atoms with E-state index in [1.165, 1.54) is 50.7 Å². The summed E-state index contributed by atoms with van der Waals surface area (Å²) < 4.78 is 6.00. The second-order valence-corrected chi connectivity index (χ2v) is 6.86. The molecule has 1 aliphatic carbocycles. The molecule has 1 aliphatic rings. The summed E-state index contributed by atoms with van der Waals surface area (Å²) in [6.45, 7) is 5.53. The zero-order chi connectivity index (χ0) is 15.9. The van der Waals surface area contributed by atoms with Gasteiger partial charge in [0, 0.05) is 19.6 Å². The number of nitrogens with zero attached hydrogens (tertiary/aromatic N) is 1. The van der Waals surface area contributed by atoms with Crippen molar-refractivity contribution in [2.75, 3.05) is 38.2 Å². The Morgan fingerprint density at radius 1 is 1.13 bits per heavy atom. The standard InChI is InChI=1S/C17H35N3OS.HI/c1-3-18-17(19-12-8-9-15-22-2)20-13-14-21-16-10-6-4-5-7-11-16;/h16H,3-15H2,1-2H3,(H2,18,19,20);1H. The number of ether oxygens (including phenoxy) is 1. The van der Waals surface area contributed by atoms with E-state index < -0.39 is 0 Å². The molecule has 138 valence electrons. The highest BCUT2D eigenvalue weighted by atomic mass is 127. The summed E-state index contributed by atoms with van der Waals surface area (Å²) in [4.78, 5) is 4.61. The monoisotopic (exact) mass is 457 g/mol. The molecule has 23 heavy (non-hydrogen) atoms. The quantitative estimate of drug-likeness (QED) is 0.171. The minimum atomic E-state index is 0. The first-order valence-corrected chi connectivity index (χ1v) is 10.4. The van der Waals surface area contributed by atoms with E-state index in [0.717, 1.165) is 38.6 Å². The predicted molar refractivity (Wildman–Crippen MR) is 114 cm³/mol. The summed E-state index contributed by atoms with van der Waals surface area (Å²) in [6.07, 6.45) is 12.9. The maximum Gasteiger partial charge on any atom is 0.191 e. The third-order valence-electron chi connectivity index (χ3n) is 3.92. The summed E-state index contributed by atoms with van der Waals surface area (Å²) in [7, 11) is 0. The zero-order valence-electron chi connectivity index (χ0n) is 14.9. The van der Waals surface area contributed by atoms with Gasteiger partial charge in [0.1, 0.15) is 0 Å². The Morgan fingerprint density at radius 3 is 2.52 bits per heavy atom. The summed E-state index contributed by atoms with van der Waals surface area (Å²) >= 11 is 1.91. The second-order valence-electron chi connectivity index (χ2n) is 5.87. The van der Waals surface area contributed by atoms with E-state index >= 15 is 0 Å². The first-order valence-electron chi connectivity index (χ1n) is 8.99. The molecule has 0 saturated heterocycles. The van der Waals surface area contributed by atoms with E-state index in [2.05, 4.69) is 28.8 Å². The Bertz CT molecular complexity index is 285. The highest BCUT2D eigenvalue weighted by Crippen LogP contribution is 2.19. The van der Waals surface area contributed by atoms with E-state index in [-0.39, 0.29) is 24.0 Å². The van der Waals surface area contributed by atoms with Crippen molar-refractivity contribution in [2.24, 2.45) is 4.99 Å². The normalized spacial score (nSPS) is 16.5. The Balaban J connectivity index is 0.00000484. The number of hydrogen-bond donors (Lipinski definition) is 2. The lowest BCUT2D eigenvalue weighted by Crippen LogP contribution is -2.39. The van der Waals surface area contributed by atoms with Crippen LogP contribution in [0.1, 0.15) is 58.3 Å². The van der Waals surface area contributed by atoms with Crippen molar-refractivity contribution in [1.29, 1.82) is 0 Å². The van der Waals surface area contributed by atoms with Gasteiger partial charge in [-0.05, 0) is 44.6 Å². The maximum atomic E-state index is 6.00. The van der Waals surface area contributed by atoms with Crippen molar-refractivity contribution in [1.82, 2.24) is 10.6 Å². The second kappa shape index (κ2) is 17.1. The number of unbranched alkanes of at least 4 members (excludes halogenated alkanes) is 1. The molecule has 0 atom stereocenters. The average molecular weight is 457 g/mol. The summed E-state index contributed by atoms with van der Waals surface area (Å²) in [5.41, 5.74) is 0. The number of hydrogen-bond acceptors (Lipinski definition) is 3. The van der Waals surface area contributed by atoms with Gasteiger partial charge in [-0.25, -0.2) is 0 Å². The molecule has 0 amide bonds. The Kier molecular flexibility index (Phi) is 17.4. The minimum Gasteiger partial charge on any atom is -0.376 e. The number of halogens is 1. The van der Waals surface area contributed by atoms with Crippen LogP contribution in [0.5, 0.6) is 0 Å². The van der Waals surface area contributed by atoms with E-state index in [4.69, 9.17) is 4.74 Å². The predicted octanol–water partition coefficient (Wildman–Crippen LogP) is 4.04. The molecular formula is C17H36IN3OS. The average Bonchev–Trinajstić information content (AvgIpc) is 2.80. The highest BCUT2D eigenvalue weighted by Gasteiger charge is 2.11. The highest BCUT2D eigenvalue weighted by molar-refractivity contribution is 14.0. The molecule has 0 radical (unpaired) electrons. The van der Waals surface area contributed by atoms with Crippen molar-refractivity contribution >= 4 is 41.7 Å². The molecule has 6 heteroatoms. The molecule has 1 saturated carbocycles. The molecule has 0 heterocycles. The molecule has 2 N–H and O–H groups in total. The number of guanidine groups is 1. The fourth-order valence-electron chi connectivity index (χ4n) is 2.69. The Hall–Kier alpha value is 0.310. The molecule has 4 nitrogen and oxygen atoms in total. The smallest absolute Gasteiger partial charge is 0.191 e. The third-order valence-corrected chi connectivity index (χ3v) is 4.62. The summed E-state index contributed by atoms with van der Waals surface area (Å²) in [5.74, 6) is 2.16. The summed E-state index contributed by atoms with van der Waals surface area (Å²) in [6, 6.07) is 0. The third kappa shape index (κ3) is 13.3. The molecule has 1 rings (SSSR count). The van der Waals surface area contributed by atoms with Gasteiger partial charge in [-0.2, -0.15) is 11.8 Å². The van der Waals surface area contributed by atoms with E-state index in [1.54, 1.807) is 0 Å². The Labute approximate surface area is 164 Å². The molecule has 0 aromatic carbocycles. The van der Waals surface area contributed by atoms with Gasteiger partial charge in [0.25, 0.3) is 0 Å². The van der Waals surface area contributed by atoms with Gasteiger partial charge in [-0.1, -0.05) is 25.7 Å². The van der Waals surface area contributed by atoms with Crippen LogP contribution < -0.4 is 10.6 Å². The van der Waals surface area contributed by atoms with Crippen LogP contribution in [-0.4, -0.2) is 50.3 Å². The molecule has 1 fully saturated rings. The minimum absolute atomic E-state index is 0. The molecule has 0 aromatic rings. The lowest BCUT2D eigenvalue weighted by Gasteiger charge is -2.16. The van der Waals surface area contributed by atoms with Crippen LogP contribution >= 0.6 is 35.7 Å². The van der Waals surface area contributed by atoms with Crippen molar-refractivity contribution in [2.45, 2.75) is 64.4 Å². The number of aliphatic imine (C=N–C) groups is 1. The lowest BCUT2D eigenvalue weighted by atomic mass is 10.1. The van der Waals surface area contributed by atoms with Gasteiger partial charge in [0.05, 0.1) is 12.7 Å². The van der Waals surface area contributed by atoms with E-state index in [1.807, 2.05) is 11.8 Å². The van der Waals surface area contributed by atoms with Crippen LogP contribution in [0.15, 0.2) is 4.99 Å². The van der Waals surface area contributed by atoms with Crippen LogP contribution in [0.3, 0.4) is 0 Å². The van der Waals surface area contributed by atoms with E-state index in [0.29, 0.717) is 6.10 Å². The van der Waals surface area contributed by atoms with Crippen molar-refractivity contribution in [3.05, 3.63) is 0 Å². The Morgan fingerprint density at radius 2 is 1.87 bits per heavy atom. The largest absolute Gasteiger partial charge is 0.376 e. The van der Waals surface area contributed by atoms with Gasteiger partial charge in [0.2, 0.25) is 0 Å². The summed E-state index contributed by atoms with van der Waals surface area (Å²) in [5, 5.41) is 6.68. The van der Waals surface area contributed by atoms with Crippen molar-refractivity contribution in [3.8, 4) is 0 Å². The molecule has 0 bridgehead atoms. The van der Waals surface area contributed by atoms with Crippen LogP contribution in [0, 0.1) is 0 Å². The van der Waals surface area contributed by atoms with Gasteiger partial charge < -0.3 is 15.4 Å². The zero-order valence-corrected chi connectivity index (χ0v) is 18.1. The topological polar surface area (TPSA) is 45.7 Å². The van der Waals surface area contributed by atoms with E-state index in [9.17, 15) is 0 Å². The van der Waals surface area contributed by atoms with Gasteiger partial charge in [0.15, 0.2) is 5.96 Å². The molecule has 0 spiro atoms. The number of rotatable bonds is 10. The fourth-order valence-corrected chi connectivity index (χ4v) is 3.19. The van der Waals surface area contributed by atoms with Gasteiger partial charge in [-0.3, -0.25) is 4.99 Å². The molecule has 0 unspecified atom stereocenters. The molecule has 0 aliphatic heterocycles. The SMILES string of the molecule is CCNC(=NCCCCSC)NCCOC1CCCCCC1.I. The van der Waals surface area contributed by atoms with Crippen molar-refractivity contribution < 1.29 is 4.74 Å². The van der Waals surface area contributed by atoms with Gasteiger partial charge in [-0.15, -0.1) is 24.0 Å². The van der Waals surface area contributed by atoms with Crippen LogP contribution in [0.2, 0.25) is 0 Å². The lowest BCUT2D eigenvalue weighted by molar-refractivity contribution is 0.0468. The first kappa shape index (κ1) is 23.3. The van der Waals surface area contributed by atoms with Gasteiger partial charge >= 0.3 is 0 Å². The fraction of sp³-hybridized carbons (Fsp3) is 0.941. The molecule has 0 aromatic heterocycles. The molecular weight excluding hydrogens is 421 g/mol.